The number of nitrogens with one attached hydrogen (secondary N) is 1. The lowest BCUT2D eigenvalue weighted by Crippen LogP contribution is -2.43. The van der Waals surface area contributed by atoms with Crippen LogP contribution in [0.15, 0.2) is 54.9 Å². The molecule has 3 rings (SSSR count). The Kier molecular flexibility index (Phi) is 4.94. The number of nitrogens with zero attached hydrogens (tertiary/aromatic N) is 3. The smallest absolute Gasteiger partial charge is 0.328 e. The van der Waals surface area contributed by atoms with Gasteiger partial charge in [-0.25, -0.2) is 9.78 Å². The van der Waals surface area contributed by atoms with Crippen molar-refractivity contribution in [2.75, 3.05) is 7.11 Å². The highest BCUT2D eigenvalue weighted by Crippen LogP contribution is 2.10. The summed E-state index contributed by atoms with van der Waals surface area (Å²) in [6.07, 6.45) is 3.27. The second-order valence-corrected chi connectivity index (χ2v) is 5.32. The maximum Gasteiger partial charge on any atom is 0.328 e. The van der Waals surface area contributed by atoms with Crippen molar-refractivity contribution in [3.05, 3.63) is 66.2 Å². The predicted molar refractivity (Wildman–Crippen MR) is 90.7 cm³/mol. The Bertz CT molecular complexity index is 899. The lowest BCUT2D eigenvalue weighted by atomic mass is 10.1. The number of ether oxygens (including phenoxy) is 1. The highest BCUT2D eigenvalue weighted by atomic mass is 16.5. The Hall–Kier alpha value is -3.35. The first-order chi connectivity index (χ1) is 12.2. The molecule has 0 radical (unpaired) electrons. The number of methoxy groups -OCH3 is 1. The summed E-state index contributed by atoms with van der Waals surface area (Å²) >= 11 is 0. The van der Waals surface area contributed by atoms with Crippen molar-refractivity contribution < 1.29 is 14.3 Å². The number of carbonyl (C=O) groups excluding carboxylic acids is 2. The molecule has 1 aromatic carbocycles. The van der Waals surface area contributed by atoms with Crippen molar-refractivity contribution in [3.8, 4) is 0 Å². The molecule has 0 aliphatic rings. The van der Waals surface area contributed by atoms with E-state index in [2.05, 4.69) is 20.3 Å². The zero-order valence-corrected chi connectivity index (χ0v) is 13.5. The molecule has 2 aromatic heterocycles. The molecule has 0 spiro atoms. The third kappa shape index (κ3) is 3.95. The summed E-state index contributed by atoms with van der Waals surface area (Å²) in [5.74, 6) is -1.01. The highest BCUT2D eigenvalue weighted by Gasteiger charge is 2.24. The van der Waals surface area contributed by atoms with Gasteiger partial charge in [0.2, 0.25) is 0 Å². The van der Waals surface area contributed by atoms with Gasteiger partial charge in [0.05, 0.1) is 23.8 Å². The number of benzene rings is 1. The Morgan fingerprint density at radius 2 is 1.84 bits per heavy atom. The molecule has 25 heavy (non-hydrogen) atoms. The normalized spacial score (nSPS) is 11.7. The minimum Gasteiger partial charge on any atom is -0.467 e. The van der Waals surface area contributed by atoms with Crippen LogP contribution in [-0.2, 0) is 16.0 Å². The molecular weight excluding hydrogens is 320 g/mol. The fourth-order valence-electron chi connectivity index (χ4n) is 2.37. The van der Waals surface area contributed by atoms with Gasteiger partial charge in [0.15, 0.2) is 0 Å². The molecule has 0 unspecified atom stereocenters. The Morgan fingerprint density at radius 3 is 2.56 bits per heavy atom. The summed E-state index contributed by atoms with van der Waals surface area (Å²) < 4.78 is 4.79. The number of hydrogen-bond acceptors (Lipinski definition) is 6. The van der Waals surface area contributed by atoms with Gasteiger partial charge in [0.1, 0.15) is 11.7 Å². The summed E-state index contributed by atoms with van der Waals surface area (Å²) in [5.41, 5.74) is 2.29. The van der Waals surface area contributed by atoms with Crippen LogP contribution in [0.4, 0.5) is 0 Å². The largest absolute Gasteiger partial charge is 0.467 e. The fourth-order valence-corrected chi connectivity index (χ4v) is 2.37. The lowest BCUT2D eigenvalue weighted by Gasteiger charge is -2.16. The number of para-hydroxylation sites is 2. The number of carbonyl (C=O) groups is 2. The van der Waals surface area contributed by atoms with Crippen molar-refractivity contribution in [3.63, 3.8) is 0 Å². The summed E-state index contributed by atoms with van der Waals surface area (Å²) in [5, 5.41) is 2.64. The fraction of sp³-hybridized carbons (Fsp3) is 0.167. The van der Waals surface area contributed by atoms with Gasteiger partial charge in [-0.05, 0) is 24.3 Å². The summed E-state index contributed by atoms with van der Waals surface area (Å²) in [6.45, 7) is 0. The van der Waals surface area contributed by atoms with Crippen molar-refractivity contribution in [2.45, 2.75) is 12.5 Å². The topological polar surface area (TPSA) is 94.1 Å². The number of rotatable bonds is 5. The van der Waals surface area contributed by atoms with E-state index in [9.17, 15) is 9.59 Å². The molecule has 0 saturated carbocycles. The average molecular weight is 336 g/mol. The Balaban J connectivity index is 1.80. The Labute approximate surface area is 144 Å². The van der Waals surface area contributed by atoms with Gasteiger partial charge in [-0.1, -0.05) is 18.2 Å². The van der Waals surface area contributed by atoms with E-state index < -0.39 is 17.9 Å². The monoisotopic (exact) mass is 336 g/mol. The Morgan fingerprint density at radius 1 is 1.08 bits per heavy atom. The highest BCUT2D eigenvalue weighted by molar-refractivity contribution is 5.95. The first-order valence-electron chi connectivity index (χ1n) is 7.68. The van der Waals surface area contributed by atoms with Crippen LogP contribution in [0.1, 0.15) is 16.2 Å². The van der Waals surface area contributed by atoms with E-state index in [-0.39, 0.29) is 12.1 Å². The first kappa shape index (κ1) is 16.5. The number of fused-ring (bicyclic) bond motifs is 1. The molecule has 1 amide bonds. The zero-order valence-electron chi connectivity index (χ0n) is 13.5. The molecule has 3 aromatic rings. The minimum absolute atomic E-state index is 0.170. The van der Waals surface area contributed by atoms with E-state index in [1.807, 2.05) is 24.3 Å². The van der Waals surface area contributed by atoms with E-state index in [1.54, 1.807) is 24.4 Å². The van der Waals surface area contributed by atoms with E-state index >= 15 is 0 Å². The average Bonchev–Trinajstić information content (AvgIpc) is 2.67. The predicted octanol–water partition coefficient (Wildman–Crippen LogP) is 1.54. The van der Waals surface area contributed by atoms with Gasteiger partial charge in [-0.15, -0.1) is 0 Å². The van der Waals surface area contributed by atoms with E-state index in [0.29, 0.717) is 5.69 Å². The number of esters is 1. The lowest BCUT2D eigenvalue weighted by molar-refractivity contribution is -0.142. The van der Waals surface area contributed by atoms with Crippen LogP contribution < -0.4 is 5.32 Å². The number of pyridine rings is 1. The van der Waals surface area contributed by atoms with Crippen molar-refractivity contribution in [2.24, 2.45) is 0 Å². The van der Waals surface area contributed by atoms with Crippen LogP contribution in [0.2, 0.25) is 0 Å². The van der Waals surface area contributed by atoms with Gasteiger partial charge >= 0.3 is 5.97 Å². The summed E-state index contributed by atoms with van der Waals surface area (Å²) in [6, 6.07) is 11.5. The number of hydrogen-bond donors (Lipinski definition) is 1. The first-order valence-corrected chi connectivity index (χ1v) is 7.68. The van der Waals surface area contributed by atoms with Crippen LogP contribution in [-0.4, -0.2) is 40.0 Å². The molecule has 7 nitrogen and oxygen atoms in total. The van der Waals surface area contributed by atoms with Crippen LogP contribution >= 0.6 is 0 Å². The molecule has 126 valence electrons. The quantitative estimate of drug-likeness (QED) is 0.710. The molecule has 0 fully saturated rings. The second kappa shape index (κ2) is 7.48. The molecule has 1 N–H and O–H groups in total. The summed E-state index contributed by atoms with van der Waals surface area (Å²) in [4.78, 5) is 37.1. The van der Waals surface area contributed by atoms with Gasteiger partial charge in [-0.3, -0.25) is 14.8 Å². The molecule has 0 aliphatic heterocycles. The van der Waals surface area contributed by atoms with Gasteiger partial charge in [0.25, 0.3) is 5.91 Å². The standard InChI is InChI=1S/C18H16N4O3/c1-25-18(24)16(22-17(23)15-8-4-5-9-19-15)10-12-11-20-13-6-2-3-7-14(13)21-12/h2-9,11,16H,10H2,1H3,(H,22,23)/t16-/m1/s1. The maximum absolute atomic E-state index is 12.3. The van der Waals surface area contributed by atoms with Crippen molar-refractivity contribution in [1.82, 2.24) is 20.3 Å². The van der Waals surface area contributed by atoms with Crippen LogP contribution in [0.5, 0.6) is 0 Å². The minimum atomic E-state index is -0.880. The van der Waals surface area contributed by atoms with E-state index in [0.717, 1.165) is 11.0 Å². The van der Waals surface area contributed by atoms with Crippen LogP contribution in [0, 0.1) is 0 Å². The third-order valence-electron chi connectivity index (χ3n) is 3.60. The molecule has 2 heterocycles. The van der Waals surface area contributed by atoms with Crippen molar-refractivity contribution in [1.29, 1.82) is 0 Å². The molecule has 0 bridgehead atoms. The van der Waals surface area contributed by atoms with Crippen LogP contribution in [0.3, 0.4) is 0 Å². The van der Waals surface area contributed by atoms with Crippen LogP contribution in [0.25, 0.3) is 11.0 Å². The third-order valence-corrected chi connectivity index (χ3v) is 3.60. The van der Waals surface area contributed by atoms with Gasteiger partial charge in [-0.2, -0.15) is 0 Å². The van der Waals surface area contributed by atoms with E-state index in [1.165, 1.54) is 13.3 Å². The number of aromatic nitrogens is 3. The second-order valence-electron chi connectivity index (χ2n) is 5.32. The van der Waals surface area contributed by atoms with Crippen molar-refractivity contribution >= 4 is 22.9 Å². The number of amides is 1. The molecule has 0 aliphatic carbocycles. The molecular formula is C18H16N4O3. The maximum atomic E-state index is 12.3. The molecule has 1 atom stereocenters. The summed E-state index contributed by atoms with van der Waals surface area (Å²) in [7, 11) is 1.27. The van der Waals surface area contributed by atoms with Gasteiger partial charge < -0.3 is 10.1 Å². The molecule has 7 heteroatoms. The molecule has 0 saturated heterocycles. The van der Waals surface area contributed by atoms with E-state index in [4.69, 9.17) is 4.74 Å². The SMILES string of the molecule is COC(=O)[C@@H](Cc1cnc2ccccc2n1)NC(=O)c1ccccn1. The van der Waals surface area contributed by atoms with Gasteiger partial charge in [0, 0.05) is 18.8 Å². The zero-order chi connectivity index (χ0) is 17.6.